The van der Waals surface area contributed by atoms with E-state index in [0.717, 1.165) is 5.39 Å². The molecule has 3 nitrogen and oxygen atoms in total. The quantitative estimate of drug-likeness (QED) is 0.539. The fourth-order valence-corrected chi connectivity index (χ4v) is 1.60. The molecule has 0 amide bonds. The normalized spacial score (nSPS) is 11.2. The summed E-state index contributed by atoms with van der Waals surface area (Å²) >= 11 is 0. The van der Waals surface area contributed by atoms with Crippen LogP contribution >= 0.6 is 0 Å². The van der Waals surface area contributed by atoms with Gasteiger partial charge in [0.05, 0.1) is 0 Å². The van der Waals surface area contributed by atoms with Crippen LogP contribution in [-0.2, 0) is 0 Å². The molecule has 0 unspecified atom stereocenters. The van der Waals surface area contributed by atoms with Crippen molar-refractivity contribution in [3.8, 4) is 0 Å². The average Bonchev–Trinajstić information content (AvgIpc) is 2.66. The predicted octanol–water partition coefficient (Wildman–Crippen LogP) is 2.02. The molecule has 0 fully saturated rings. The smallest absolute Gasteiger partial charge is 0.168 e. The molecular weight excluding hydrogens is 181 g/mol. The third kappa shape index (κ3) is 0.849. The predicted molar refractivity (Wildman–Crippen MR) is 50.5 cm³/mol. The van der Waals surface area contributed by atoms with Crippen molar-refractivity contribution in [3.63, 3.8) is 0 Å². The largest absolute Gasteiger partial charge is 0.289 e. The lowest BCUT2D eigenvalue weighted by Crippen LogP contribution is -1.86. The highest BCUT2D eigenvalue weighted by Gasteiger charge is 2.04. The lowest BCUT2D eigenvalue weighted by Gasteiger charge is -1.99. The zero-order chi connectivity index (χ0) is 9.54. The summed E-state index contributed by atoms with van der Waals surface area (Å²) in [4.78, 5) is 0. The van der Waals surface area contributed by atoms with Crippen LogP contribution in [0.2, 0.25) is 0 Å². The molecular formula is C10H6FN3. The summed E-state index contributed by atoms with van der Waals surface area (Å²) in [6.07, 6.45) is 3.35. The average molecular weight is 187 g/mol. The molecule has 2 aromatic heterocycles. The Morgan fingerprint density at radius 2 is 2.07 bits per heavy atom. The van der Waals surface area contributed by atoms with Gasteiger partial charge in [-0.05, 0) is 12.1 Å². The Balaban J connectivity index is 2.64. The lowest BCUT2D eigenvalue weighted by molar-refractivity contribution is 0.640. The van der Waals surface area contributed by atoms with Gasteiger partial charge >= 0.3 is 0 Å². The highest BCUT2D eigenvalue weighted by atomic mass is 19.1. The third-order valence-corrected chi connectivity index (χ3v) is 2.27. The van der Waals surface area contributed by atoms with Gasteiger partial charge in [0.15, 0.2) is 5.65 Å². The molecule has 0 radical (unpaired) electrons. The molecule has 0 aliphatic carbocycles. The second-order valence-electron chi connectivity index (χ2n) is 3.08. The van der Waals surface area contributed by atoms with Crippen molar-refractivity contribution in [2.24, 2.45) is 0 Å². The highest BCUT2D eigenvalue weighted by molar-refractivity contribution is 5.93. The van der Waals surface area contributed by atoms with Crippen molar-refractivity contribution >= 4 is 16.4 Å². The first-order chi connectivity index (χ1) is 6.86. The number of hydrogen-bond donors (Lipinski definition) is 0. The lowest BCUT2D eigenvalue weighted by atomic mass is 10.1. The van der Waals surface area contributed by atoms with Crippen molar-refractivity contribution in [1.29, 1.82) is 0 Å². The second-order valence-corrected chi connectivity index (χ2v) is 3.08. The summed E-state index contributed by atoms with van der Waals surface area (Å²) < 4.78 is 15.1. The van der Waals surface area contributed by atoms with Gasteiger partial charge in [0.1, 0.15) is 12.1 Å². The monoisotopic (exact) mass is 187 g/mol. The first-order valence-electron chi connectivity index (χ1n) is 4.23. The number of hydrogen-bond acceptors (Lipinski definition) is 2. The van der Waals surface area contributed by atoms with Gasteiger partial charge in [0, 0.05) is 17.0 Å². The van der Waals surface area contributed by atoms with Crippen LogP contribution in [0.3, 0.4) is 0 Å². The summed E-state index contributed by atoms with van der Waals surface area (Å²) in [5.41, 5.74) is 0.682. The van der Waals surface area contributed by atoms with Crippen molar-refractivity contribution in [3.05, 3.63) is 42.6 Å². The Kier molecular flexibility index (Phi) is 1.33. The first kappa shape index (κ1) is 7.44. The fraction of sp³-hybridized carbons (Fsp3) is 0. The van der Waals surface area contributed by atoms with E-state index in [1.54, 1.807) is 29.1 Å². The van der Waals surface area contributed by atoms with Crippen LogP contribution in [-0.4, -0.2) is 14.6 Å². The van der Waals surface area contributed by atoms with E-state index in [9.17, 15) is 4.39 Å². The number of aromatic nitrogens is 3. The SMILES string of the molecule is Fc1cccc2c1ccn1cnnc21. The van der Waals surface area contributed by atoms with E-state index < -0.39 is 0 Å². The van der Waals surface area contributed by atoms with Crippen LogP contribution in [0.15, 0.2) is 36.8 Å². The number of benzene rings is 1. The fourth-order valence-electron chi connectivity index (χ4n) is 1.60. The highest BCUT2D eigenvalue weighted by Crippen LogP contribution is 2.20. The molecule has 2 heterocycles. The van der Waals surface area contributed by atoms with Crippen molar-refractivity contribution in [2.75, 3.05) is 0 Å². The Morgan fingerprint density at radius 1 is 1.14 bits per heavy atom. The molecule has 68 valence electrons. The Labute approximate surface area is 78.8 Å². The summed E-state index contributed by atoms with van der Waals surface area (Å²) in [7, 11) is 0. The molecule has 14 heavy (non-hydrogen) atoms. The molecule has 0 aliphatic heterocycles. The summed E-state index contributed by atoms with van der Waals surface area (Å²) in [6, 6.07) is 6.67. The van der Waals surface area contributed by atoms with E-state index in [2.05, 4.69) is 10.2 Å². The second kappa shape index (κ2) is 2.51. The Hall–Kier alpha value is -1.97. The molecule has 0 saturated heterocycles. The van der Waals surface area contributed by atoms with E-state index in [4.69, 9.17) is 0 Å². The summed E-state index contributed by atoms with van der Waals surface area (Å²) in [5, 5.41) is 9.07. The van der Waals surface area contributed by atoms with Crippen LogP contribution in [0.5, 0.6) is 0 Å². The molecule has 0 saturated carbocycles. The zero-order valence-corrected chi connectivity index (χ0v) is 7.18. The van der Waals surface area contributed by atoms with Gasteiger partial charge in [0.25, 0.3) is 0 Å². The molecule has 1 aromatic carbocycles. The molecule has 0 spiro atoms. The maximum atomic E-state index is 13.4. The van der Waals surface area contributed by atoms with E-state index in [1.807, 2.05) is 6.07 Å². The van der Waals surface area contributed by atoms with Crippen molar-refractivity contribution < 1.29 is 4.39 Å². The molecule has 3 rings (SSSR count). The van der Waals surface area contributed by atoms with E-state index in [-0.39, 0.29) is 5.82 Å². The maximum absolute atomic E-state index is 13.4. The topological polar surface area (TPSA) is 30.2 Å². The van der Waals surface area contributed by atoms with Crippen LogP contribution in [0.4, 0.5) is 4.39 Å². The first-order valence-corrected chi connectivity index (χ1v) is 4.23. The Bertz CT molecular complexity index is 615. The van der Waals surface area contributed by atoms with Gasteiger partial charge in [-0.2, -0.15) is 0 Å². The van der Waals surface area contributed by atoms with Gasteiger partial charge in [-0.25, -0.2) is 4.39 Å². The Morgan fingerprint density at radius 3 is 3.00 bits per heavy atom. The van der Waals surface area contributed by atoms with Gasteiger partial charge in [-0.15, -0.1) is 10.2 Å². The zero-order valence-electron chi connectivity index (χ0n) is 7.18. The minimum atomic E-state index is -0.229. The van der Waals surface area contributed by atoms with E-state index in [1.165, 1.54) is 6.07 Å². The summed E-state index contributed by atoms with van der Waals surface area (Å²) in [5.74, 6) is -0.229. The van der Waals surface area contributed by atoms with Crippen LogP contribution in [0.1, 0.15) is 0 Å². The maximum Gasteiger partial charge on any atom is 0.168 e. The van der Waals surface area contributed by atoms with Gasteiger partial charge in [0.2, 0.25) is 0 Å². The molecule has 4 heteroatoms. The standard InChI is InChI=1S/C10H6FN3/c11-9-3-1-2-8-7(9)4-5-14-6-12-13-10(8)14/h1-6H. The number of halogens is 1. The summed E-state index contributed by atoms with van der Waals surface area (Å²) in [6.45, 7) is 0. The van der Waals surface area contributed by atoms with E-state index >= 15 is 0 Å². The molecule has 0 bridgehead atoms. The van der Waals surface area contributed by atoms with Crippen molar-refractivity contribution in [2.45, 2.75) is 0 Å². The van der Waals surface area contributed by atoms with Crippen LogP contribution in [0.25, 0.3) is 16.4 Å². The van der Waals surface area contributed by atoms with Gasteiger partial charge in [-0.1, -0.05) is 12.1 Å². The van der Waals surface area contributed by atoms with Crippen LogP contribution in [0, 0.1) is 5.82 Å². The molecule has 0 atom stereocenters. The van der Waals surface area contributed by atoms with E-state index in [0.29, 0.717) is 11.0 Å². The van der Waals surface area contributed by atoms with Gasteiger partial charge < -0.3 is 0 Å². The number of pyridine rings is 1. The molecule has 3 aromatic rings. The third-order valence-electron chi connectivity index (χ3n) is 2.27. The number of rotatable bonds is 0. The van der Waals surface area contributed by atoms with Crippen LogP contribution < -0.4 is 0 Å². The minimum absolute atomic E-state index is 0.229. The number of nitrogens with zero attached hydrogens (tertiary/aromatic N) is 3. The minimum Gasteiger partial charge on any atom is -0.289 e. The van der Waals surface area contributed by atoms with Crippen molar-refractivity contribution in [1.82, 2.24) is 14.6 Å². The molecule has 0 N–H and O–H groups in total. The van der Waals surface area contributed by atoms with Gasteiger partial charge in [-0.3, -0.25) is 4.40 Å². The molecule has 0 aliphatic rings. The number of fused-ring (bicyclic) bond motifs is 3.